The zero-order valence-corrected chi connectivity index (χ0v) is 16.7. The second-order valence-corrected chi connectivity index (χ2v) is 7.38. The lowest BCUT2D eigenvalue weighted by Gasteiger charge is -2.25. The van der Waals surface area contributed by atoms with Crippen LogP contribution in [0.15, 0.2) is 51.9 Å². The van der Waals surface area contributed by atoms with Crippen molar-refractivity contribution in [2.75, 3.05) is 34.3 Å². The minimum absolute atomic E-state index is 0.106. The van der Waals surface area contributed by atoms with Gasteiger partial charge < -0.3 is 19.0 Å². The topological polar surface area (TPSA) is 75.9 Å². The maximum atomic E-state index is 13.4. The number of carbonyl (C=O) groups is 1. The van der Waals surface area contributed by atoms with E-state index in [1.54, 1.807) is 42.6 Å². The molecule has 2 aromatic heterocycles. The first-order valence-electron chi connectivity index (χ1n) is 9.51. The van der Waals surface area contributed by atoms with Crippen LogP contribution in [0.4, 0.5) is 0 Å². The van der Waals surface area contributed by atoms with Gasteiger partial charge in [0.25, 0.3) is 5.91 Å². The molecule has 1 aliphatic rings. The van der Waals surface area contributed by atoms with Crippen LogP contribution >= 0.6 is 0 Å². The molecule has 0 aliphatic carbocycles. The molecule has 1 atom stereocenters. The molecule has 0 spiro atoms. The first kappa shape index (κ1) is 19.1. The van der Waals surface area contributed by atoms with Gasteiger partial charge in [-0.15, -0.1) is 0 Å². The molecule has 1 aromatic carbocycles. The molecule has 0 fully saturated rings. The van der Waals surface area contributed by atoms with Gasteiger partial charge in [-0.3, -0.25) is 14.6 Å². The van der Waals surface area contributed by atoms with Gasteiger partial charge in [-0.25, -0.2) is 0 Å². The van der Waals surface area contributed by atoms with Crippen molar-refractivity contribution in [3.63, 3.8) is 0 Å². The van der Waals surface area contributed by atoms with Crippen LogP contribution in [0.1, 0.15) is 34.1 Å². The summed E-state index contributed by atoms with van der Waals surface area (Å²) in [5.74, 6) is 0.404. The monoisotopic (exact) mass is 393 g/mol. The predicted molar refractivity (Wildman–Crippen MR) is 109 cm³/mol. The van der Waals surface area contributed by atoms with Crippen molar-refractivity contribution in [2.45, 2.75) is 12.5 Å². The van der Waals surface area contributed by atoms with Crippen LogP contribution < -0.4 is 10.2 Å². The highest BCUT2D eigenvalue weighted by molar-refractivity contribution is 5.99. The lowest BCUT2D eigenvalue weighted by Crippen LogP contribution is -2.32. The fourth-order valence-corrected chi connectivity index (χ4v) is 3.80. The number of carbonyl (C=O) groups excluding carboxylic acids is 1. The Morgan fingerprint density at radius 1 is 1.24 bits per heavy atom. The van der Waals surface area contributed by atoms with Crippen molar-refractivity contribution < 1.29 is 13.9 Å². The Bertz CT molecular complexity index is 1110. The summed E-state index contributed by atoms with van der Waals surface area (Å²) in [6, 6.07) is 8.23. The Balaban J connectivity index is 1.87. The highest BCUT2D eigenvalue weighted by Gasteiger charge is 2.42. The zero-order valence-electron chi connectivity index (χ0n) is 16.7. The van der Waals surface area contributed by atoms with E-state index >= 15 is 0 Å². The SMILES string of the molecule is COc1ccc2c(=O)c3c(oc2c1)C(=O)N(CCCN(C)C)[C@H]3c1cccnc1. The van der Waals surface area contributed by atoms with E-state index in [4.69, 9.17) is 9.15 Å². The van der Waals surface area contributed by atoms with E-state index in [1.165, 1.54) is 0 Å². The van der Waals surface area contributed by atoms with Crippen molar-refractivity contribution in [3.8, 4) is 5.75 Å². The number of amides is 1. The molecule has 150 valence electrons. The standard InChI is InChI=1S/C22H23N3O4/c1-24(2)10-5-11-25-19(14-6-4-9-23-13-14)18-20(26)16-8-7-15(28-3)12-17(16)29-21(18)22(25)27/h4,6-9,12-13,19H,5,10-11H2,1-3H3/t19-/m0/s1. The molecule has 3 aromatic rings. The molecule has 0 N–H and O–H groups in total. The van der Waals surface area contributed by atoms with Crippen molar-refractivity contribution in [3.05, 3.63) is 69.8 Å². The predicted octanol–water partition coefficient (Wildman–Crippen LogP) is 2.69. The van der Waals surface area contributed by atoms with Crippen molar-refractivity contribution >= 4 is 16.9 Å². The Labute approximate surface area is 168 Å². The van der Waals surface area contributed by atoms with Gasteiger partial charge in [-0.1, -0.05) is 6.07 Å². The molecule has 3 heterocycles. The van der Waals surface area contributed by atoms with E-state index in [0.29, 0.717) is 28.8 Å². The highest BCUT2D eigenvalue weighted by Crippen LogP contribution is 2.38. The number of methoxy groups -OCH3 is 1. The first-order valence-corrected chi connectivity index (χ1v) is 9.51. The van der Waals surface area contributed by atoms with Crippen molar-refractivity contribution in [2.24, 2.45) is 0 Å². The Hall–Kier alpha value is -3.19. The lowest BCUT2D eigenvalue weighted by atomic mass is 10.00. The zero-order chi connectivity index (χ0) is 20.5. The Morgan fingerprint density at radius 3 is 2.76 bits per heavy atom. The molecule has 1 amide bonds. The van der Waals surface area contributed by atoms with E-state index in [2.05, 4.69) is 9.88 Å². The molecule has 0 saturated heterocycles. The number of rotatable bonds is 6. The molecule has 1 aliphatic heterocycles. The number of nitrogens with zero attached hydrogens (tertiary/aromatic N) is 3. The third-order valence-electron chi connectivity index (χ3n) is 5.18. The van der Waals surface area contributed by atoms with Gasteiger partial charge in [0.2, 0.25) is 5.76 Å². The van der Waals surface area contributed by atoms with Crippen LogP contribution in [-0.4, -0.2) is 55.0 Å². The van der Waals surface area contributed by atoms with E-state index in [0.717, 1.165) is 18.5 Å². The number of benzene rings is 1. The van der Waals surface area contributed by atoms with Gasteiger partial charge >= 0.3 is 0 Å². The molecule has 7 nitrogen and oxygen atoms in total. The van der Waals surface area contributed by atoms with E-state index < -0.39 is 6.04 Å². The molecular weight excluding hydrogens is 370 g/mol. The lowest BCUT2D eigenvalue weighted by molar-refractivity contribution is 0.0722. The molecule has 4 rings (SSSR count). The molecule has 7 heteroatoms. The van der Waals surface area contributed by atoms with Gasteiger partial charge in [0.1, 0.15) is 11.3 Å². The van der Waals surface area contributed by atoms with Crippen LogP contribution in [0.25, 0.3) is 11.0 Å². The summed E-state index contributed by atoms with van der Waals surface area (Å²) < 4.78 is 11.2. The fourth-order valence-electron chi connectivity index (χ4n) is 3.80. The van der Waals surface area contributed by atoms with Gasteiger partial charge in [0.05, 0.1) is 24.1 Å². The fraction of sp³-hybridized carbons (Fsp3) is 0.318. The minimum Gasteiger partial charge on any atom is -0.497 e. The Kier molecular flexibility index (Phi) is 5.07. The van der Waals surface area contributed by atoms with Gasteiger partial charge in [0, 0.05) is 25.0 Å². The summed E-state index contributed by atoms with van der Waals surface area (Å²) in [6.07, 6.45) is 4.15. The smallest absolute Gasteiger partial charge is 0.290 e. The number of ether oxygens (including phenoxy) is 1. The molecular formula is C22H23N3O4. The third-order valence-corrected chi connectivity index (χ3v) is 5.18. The van der Waals surface area contributed by atoms with Crippen LogP contribution in [0.3, 0.4) is 0 Å². The van der Waals surface area contributed by atoms with E-state index in [1.807, 2.05) is 26.2 Å². The number of hydrogen-bond donors (Lipinski definition) is 0. The van der Waals surface area contributed by atoms with Gasteiger partial charge in [-0.05, 0) is 50.8 Å². The number of pyridine rings is 1. The van der Waals surface area contributed by atoms with Gasteiger partial charge in [0.15, 0.2) is 5.43 Å². The number of aromatic nitrogens is 1. The van der Waals surface area contributed by atoms with Crippen LogP contribution in [-0.2, 0) is 0 Å². The molecule has 0 bridgehead atoms. The van der Waals surface area contributed by atoms with Crippen LogP contribution in [0, 0.1) is 0 Å². The average molecular weight is 393 g/mol. The second kappa shape index (κ2) is 7.67. The number of fused-ring (bicyclic) bond motifs is 2. The molecule has 29 heavy (non-hydrogen) atoms. The van der Waals surface area contributed by atoms with E-state index in [-0.39, 0.29) is 17.1 Å². The largest absolute Gasteiger partial charge is 0.497 e. The average Bonchev–Trinajstić information content (AvgIpc) is 3.00. The van der Waals surface area contributed by atoms with Crippen LogP contribution in [0.2, 0.25) is 0 Å². The number of hydrogen-bond acceptors (Lipinski definition) is 6. The summed E-state index contributed by atoms with van der Waals surface area (Å²) in [4.78, 5) is 34.6. The molecule has 0 saturated carbocycles. The summed E-state index contributed by atoms with van der Waals surface area (Å²) in [5.41, 5.74) is 1.33. The summed E-state index contributed by atoms with van der Waals surface area (Å²) in [7, 11) is 5.53. The third kappa shape index (κ3) is 3.38. The minimum atomic E-state index is -0.504. The summed E-state index contributed by atoms with van der Waals surface area (Å²) in [5, 5.41) is 0.432. The summed E-state index contributed by atoms with van der Waals surface area (Å²) in [6.45, 7) is 1.35. The second-order valence-electron chi connectivity index (χ2n) is 7.38. The maximum Gasteiger partial charge on any atom is 0.290 e. The van der Waals surface area contributed by atoms with E-state index in [9.17, 15) is 9.59 Å². The molecule has 0 unspecified atom stereocenters. The van der Waals surface area contributed by atoms with Crippen molar-refractivity contribution in [1.82, 2.24) is 14.8 Å². The van der Waals surface area contributed by atoms with Gasteiger partial charge in [-0.2, -0.15) is 0 Å². The maximum absolute atomic E-state index is 13.4. The van der Waals surface area contributed by atoms with Crippen molar-refractivity contribution in [1.29, 1.82) is 0 Å². The molecule has 0 radical (unpaired) electrons. The normalized spacial score (nSPS) is 15.9. The Morgan fingerprint density at radius 2 is 2.07 bits per heavy atom. The van der Waals surface area contributed by atoms with Crippen LogP contribution in [0.5, 0.6) is 5.75 Å². The summed E-state index contributed by atoms with van der Waals surface area (Å²) >= 11 is 0. The quantitative estimate of drug-likeness (QED) is 0.641. The highest BCUT2D eigenvalue weighted by atomic mass is 16.5. The first-order chi connectivity index (χ1) is 14.0.